The van der Waals surface area contributed by atoms with Crippen LogP contribution in [0, 0.1) is 0 Å². The van der Waals surface area contributed by atoms with Gasteiger partial charge in [0.15, 0.2) is 0 Å². The van der Waals surface area contributed by atoms with Crippen molar-refractivity contribution in [3.05, 3.63) is 11.1 Å². The third-order valence-electron chi connectivity index (χ3n) is 1.76. The van der Waals surface area contributed by atoms with E-state index in [1.807, 2.05) is 18.7 Å². The Labute approximate surface area is 71.0 Å². The fourth-order valence-corrected chi connectivity index (χ4v) is 2.07. The van der Waals surface area contributed by atoms with Crippen LogP contribution < -0.4 is 0 Å². The maximum absolute atomic E-state index is 11.1. The lowest BCUT2D eigenvalue weighted by atomic mass is 10.1. The van der Waals surface area contributed by atoms with E-state index in [1.54, 1.807) is 0 Å². The topological polar surface area (TPSA) is 26.3 Å². The Kier molecular flexibility index (Phi) is 3.00. The van der Waals surface area contributed by atoms with Gasteiger partial charge in [0.2, 0.25) is 0 Å². The molecule has 0 aromatic carbocycles. The molecule has 0 saturated heterocycles. The molecule has 0 aromatic heterocycles. The van der Waals surface area contributed by atoms with Crippen molar-refractivity contribution in [1.82, 2.24) is 0 Å². The molecule has 62 valence electrons. The lowest BCUT2D eigenvalue weighted by molar-refractivity contribution is -0.136. The molecule has 2 nitrogen and oxygen atoms in total. The lowest BCUT2D eigenvalue weighted by Crippen LogP contribution is -2.12. The van der Waals surface area contributed by atoms with Crippen molar-refractivity contribution in [2.45, 2.75) is 13.3 Å². The molecule has 1 aliphatic heterocycles. The summed E-state index contributed by atoms with van der Waals surface area (Å²) in [4.78, 5) is 11.1. The Morgan fingerprint density at radius 2 is 2.36 bits per heavy atom. The third-order valence-corrected chi connectivity index (χ3v) is 2.89. The van der Waals surface area contributed by atoms with Gasteiger partial charge >= 0.3 is 5.97 Å². The first-order valence-electron chi connectivity index (χ1n) is 3.60. The van der Waals surface area contributed by atoms with E-state index in [0.717, 1.165) is 23.5 Å². The van der Waals surface area contributed by atoms with Gasteiger partial charge in [0.25, 0.3) is 0 Å². The molecule has 1 heterocycles. The minimum Gasteiger partial charge on any atom is -0.466 e. The Hall–Kier alpha value is -0.440. The highest BCUT2D eigenvalue weighted by molar-refractivity contribution is 7.99. The summed E-state index contributed by atoms with van der Waals surface area (Å²) >= 11 is 1.87. The molecule has 0 saturated carbocycles. The minimum atomic E-state index is -0.150. The summed E-state index contributed by atoms with van der Waals surface area (Å²) in [7, 11) is 1.43. The van der Waals surface area contributed by atoms with E-state index in [4.69, 9.17) is 0 Å². The maximum atomic E-state index is 11.1. The summed E-state index contributed by atoms with van der Waals surface area (Å²) in [5, 5.41) is 0. The second kappa shape index (κ2) is 3.81. The van der Waals surface area contributed by atoms with Gasteiger partial charge in [-0.05, 0) is 19.1 Å². The van der Waals surface area contributed by atoms with Crippen LogP contribution in [-0.4, -0.2) is 24.6 Å². The van der Waals surface area contributed by atoms with E-state index in [-0.39, 0.29) is 5.97 Å². The minimum absolute atomic E-state index is 0.150. The SMILES string of the molecule is COC(=O)C1=C(C)CSCC1. The molecule has 0 radical (unpaired) electrons. The van der Waals surface area contributed by atoms with Crippen molar-refractivity contribution in [3.8, 4) is 0 Å². The van der Waals surface area contributed by atoms with Crippen LogP contribution in [0.4, 0.5) is 0 Å². The van der Waals surface area contributed by atoms with Gasteiger partial charge in [0, 0.05) is 11.3 Å². The first kappa shape index (κ1) is 8.65. The maximum Gasteiger partial charge on any atom is 0.333 e. The van der Waals surface area contributed by atoms with Crippen LogP contribution in [0.2, 0.25) is 0 Å². The summed E-state index contributed by atoms with van der Waals surface area (Å²) in [6.45, 7) is 2.00. The molecule has 0 aliphatic carbocycles. The molecule has 0 aromatic rings. The highest BCUT2D eigenvalue weighted by Gasteiger charge is 2.16. The number of hydrogen-bond donors (Lipinski definition) is 0. The largest absolute Gasteiger partial charge is 0.466 e. The Bertz CT molecular complexity index is 196. The molecule has 0 fully saturated rings. The summed E-state index contributed by atoms with van der Waals surface area (Å²) in [5.41, 5.74) is 2.05. The molecule has 0 atom stereocenters. The Morgan fingerprint density at radius 3 is 2.91 bits per heavy atom. The van der Waals surface area contributed by atoms with Crippen LogP contribution >= 0.6 is 11.8 Å². The normalized spacial score (nSPS) is 18.4. The van der Waals surface area contributed by atoms with Crippen molar-refractivity contribution in [3.63, 3.8) is 0 Å². The quantitative estimate of drug-likeness (QED) is 0.562. The van der Waals surface area contributed by atoms with Crippen molar-refractivity contribution in [2.24, 2.45) is 0 Å². The van der Waals surface area contributed by atoms with Gasteiger partial charge in [-0.15, -0.1) is 0 Å². The zero-order valence-electron chi connectivity index (χ0n) is 6.85. The van der Waals surface area contributed by atoms with E-state index in [2.05, 4.69) is 4.74 Å². The van der Waals surface area contributed by atoms with Crippen LogP contribution in [0.5, 0.6) is 0 Å². The number of methoxy groups -OCH3 is 1. The van der Waals surface area contributed by atoms with Gasteiger partial charge in [-0.1, -0.05) is 5.57 Å². The summed E-state index contributed by atoms with van der Waals surface area (Å²) in [6, 6.07) is 0. The number of hydrogen-bond acceptors (Lipinski definition) is 3. The molecule has 0 spiro atoms. The molecule has 11 heavy (non-hydrogen) atoms. The van der Waals surface area contributed by atoms with Crippen molar-refractivity contribution in [2.75, 3.05) is 18.6 Å². The van der Waals surface area contributed by atoms with Crippen molar-refractivity contribution >= 4 is 17.7 Å². The Morgan fingerprint density at radius 1 is 1.64 bits per heavy atom. The van der Waals surface area contributed by atoms with Crippen LogP contribution in [-0.2, 0) is 9.53 Å². The predicted molar refractivity (Wildman–Crippen MR) is 46.7 cm³/mol. The molecule has 1 rings (SSSR count). The van der Waals surface area contributed by atoms with Gasteiger partial charge < -0.3 is 4.74 Å². The zero-order chi connectivity index (χ0) is 8.27. The third kappa shape index (κ3) is 1.99. The van der Waals surface area contributed by atoms with E-state index in [0.29, 0.717) is 0 Å². The molecule has 0 unspecified atom stereocenters. The molecule has 0 amide bonds. The number of ether oxygens (including phenoxy) is 1. The van der Waals surface area contributed by atoms with E-state index in [1.165, 1.54) is 12.7 Å². The van der Waals surface area contributed by atoms with E-state index >= 15 is 0 Å². The highest BCUT2D eigenvalue weighted by atomic mass is 32.2. The van der Waals surface area contributed by atoms with Crippen LogP contribution in [0.3, 0.4) is 0 Å². The van der Waals surface area contributed by atoms with Crippen molar-refractivity contribution < 1.29 is 9.53 Å². The van der Waals surface area contributed by atoms with Gasteiger partial charge in [0.05, 0.1) is 7.11 Å². The monoisotopic (exact) mass is 172 g/mol. The first-order valence-corrected chi connectivity index (χ1v) is 4.76. The van der Waals surface area contributed by atoms with Gasteiger partial charge in [0.1, 0.15) is 0 Å². The second-order valence-electron chi connectivity index (χ2n) is 2.55. The van der Waals surface area contributed by atoms with E-state index in [9.17, 15) is 4.79 Å². The lowest BCUT2D eigenvalue weighted by Gasteiger charge is -2.14. The summed E-state index contributed by atoms with van der Waals surface area (Å²) in [5.74, 6) is 1.87. The fraction of sp³-hybridized carbons (Fsp3) is 0.625. The zero-order valence-corrected chi connectivity index (χ0v) is 7.66. The van der Waals surface area contributed by atoms with Gasteiger partial charge in [-0.25, -0.2) is 4.79 Å². The molecular weight excluding hydrogens is 160 g/mol. The highest BCUT2D eigenvalue weighted by Crippen LogP contribution is 2.23. The molecule has 0 N–H and O–H groups in total. The number of carbonyl (C=O) groups is 1. The van der Waals surface area contributed by atoms with Crippen molar-refractivity contribution in [1.29, 1.82) is 0 Å². The number of thioether (sulfide) groups is 1. The molecule has 1 aliphatic rings. The number of rotatable bonds is 1. The smallest absolute Gasteiger partial charge is 0.333 e. The molecule has 0 bridgehead atoms. The average molecular weight is 172 g/mol. The Balaban J connectivity index is 2.74. The standard InChI is InChI=1S/C8H12O2S/c1-6-5-11-4-3-7(6)8(9)10-2/h3-5H2,1-2H3. The van der Waals surface area contributed by atoms with Gasteiger partial charge in [-0.2, -0.15) is 11.8 Å². The number of carbonyl (C=O) groups excluding carboxylic acids is 1. The fourth-order valence-electron chi connectivity index (χ4n) is 1.10. The first-order chi connectivity index (χ1) is 5.25. The second-order valence-corrected chi connectivity index (χ2v) is 3.66. The molecular formula is C8H12O2S. The summed E-state index contributed by atoms with van der Waals surface area (Å²) < 4.78 is 4.65. The predicted octanol–water partition coefficient (Wildman–Crippen LogP) is 1.61. The van der Waals surface area contributed by atoms with Crippen LogP contribution in [0.1, 0.15) is 13.3 Å². The molecule has 3 heteroatoms. The summed E-state index contributed by atoms with van der Waals surface area (Å²) in [6.07, 6.45) is 0.864. The van der Waals surface area contributed by atoms with Crippen LogP contribution in [0.25, 0.3) is 0 Å². The van der Waals surface area contributed by atoms with Crippen LogP contribution in [0.15, 0.2) is 11.1 Å². The van der Waals surface area contributed by atoms with Gasteiger partial charge in [-0.3, -0.25) is 0 Å². The van der Waals surface area contributed by atoms with E-state index < -0.39 is 0 Å². The number of esters is 1. The average Bonchev–Trinajstić information content (AvgIpc) is 2.04.